The maximum Gasteiger partial charge on any atom is 0.417 e. The molecule has 2 aromatic rings. The molecule has 0 aromatic heterocycles. The molecule has 0 N–H and O–H groups in total. The predicted octanol–water partition coefficient (Wildman–Crippen LogP) is 4.07. The molecule has 1 saturated heterocycles. The standard InChI is InChI=1S/C19H16ClF4N3O2S/c20-17-6-5-15(11-16(17)19(22,23)24)30(28,29)27-9-7-26(8-10-27)18(12-25)13-1-3-14(21)4-2-13/h1-6,11,18H,7-10H2. The van der Waals surface area contributed by atoms with Crippen LogP contribution in [0, 0.1) is 17.1 Å². The van der Waals surface area contributed by atoms with Gasteiger partial charge in [0.15, 0.2) is 0 Å². The van der Waals surface area contributed by atoms with Gasteiger partial charge in [0.2, 0.25) is 10.0 Å². The van der Waals surface area contributed by atoms with Crippen LogP contribution in [0.4, 0.5) is 17.6 Å². The van der Waals surface area contributed by atoms with Crippen LogP contribution in [0.15, 0.2) is 47.4 Å². The van der Waals surface area contributed by atoms with E-state index < -0.39 is 43.5 Å². The monoisotopic (exact) mass is 461 g/mol. The van der Waals surface area contributed by atoms with Crippen LogP contribution < -0.4 is 0 Å². The minimum atomic E-state index is -4.78. The molecule has 1 atom stereocenters. The molecule has 11 heteroatoms. The summed E-state index contributed by atoms with van der Waals surface area (Å²) in [5.41, 5.74) is -0.646. The Morgan fingerprint density at radius 2 is 1.63 bits per heavy atom. The molecule has 0 amide bonds. The Hall–Kier alpha value is -2.19. The van der Waals surface area contributed by atoms with Crippen molar-refractivity contribution < 1.29 is 26.0 Å². The van der Waals surface area contributed by atoms with Gasteiger partial charge in [-0.25, -0.2) is 12.8 Å². The van der Waals surface area contributed by atoms with E-state index in [0.29, 0.717) is 11.6 Å². The van der Waals surface area contributed by atoms with E-state index in [9.17, 15) is 31.2 Å². The third-order valence-electron chi connectivity index (χ3n) is 4.83. The van der Waals surface area contributed by atoms with Gasteiger partial charge in [0.05, 0.1) is 21.6 Å². The van der Waals surface area contributed by atoms with Crippen LogP contribution in [-0.2, 0) is 16.2 Å². The van der Waals surface area contributed by atoms with Gasteiger partial charge in [0.25, 0.3) is 0 Å². The average molecular weight is 462 g/mol. The number of hydrogen-bond acceptors (Lipinski definition) is 4. The minimum absolute atomic E-state index is 0.00825. The molecule has 1 fully saturated rings. The molecule has 0 radical (unpaired) electrons. The van der Waals surface area contributed by atoms with Crippen molar-refractivity contribution in [3.8, 4) is 6.07 Å². The largest absolute Gasteiger partial charge is 0.417 e. The van der Waals surface area contributed by atoms with E-state index >= 15 is 0 Å². The van der Waals surface area contributed by atoms with Gasteiger partial charge in [0, 0.05) is 26.2 Å². The molecule has 2 aromatic carbocycles. The number of sulfonamides is 1. The molecule has 3 rings (SSSR count). The summed E-state index contributed by atoms with van der Waals surface area (Å²) in [5, 5.41) is 8.92. The van der Waals surface area contributed by atoms with Crippen LogP contribution >= 0.6 is 11.6 Å². The SMILES string of the molecule is N#CC(c1ccc(F)cc1)N1CCN(S(=O)(=O)c2ccc(Cl)c(C(F)(F)F)c2)CC1. The molecule has 0 spiro atoms. The summed E-state index contributed by atoms with van der Waals surface area (Å²) in [6, 6.07) is 9.34. The van der Waals surface area contributed by atoms with E-state index in [1.807, 2.05) is 0 Å². The van der Waals surface area contributed by atoms with Gasteiger partial charge in [0.1, 0.15) is 11.9 Å². The van der Waals surface area contributed by atoms with Gasteiger partial charge in [-0.15, -0.1) is 0 Å². The molecular weight excluding hydrogens is 446 g/mol. The second-order valence-corrected chi connectivity index (χ2v) is 9.01. The van der Waals surface area contributed by atoms with Crippen molar-refractivity contribution in [2.75, 3.05) is 26.2 Å². The van der Waals surface area contributed by atoms with Crippen molar-refractivity contribution in [2.45, 2.75) is 17.1 Å². The van der Waals surface area contributed by atoms with Gasteiger partial charge in [-0.2, -0.15) is 22.7 Å². The smallest absolute Gasteiger partial charge is 0.282 e. The van der Waals surface area contributed by atoms with E-state index in [1.165, 1.54) is 24.3 Å². The zero-order chi connectivity index (χ0) is 22.1. The molecule has 0 bridgehead atoms. The Morgan fingerprint density at radius 1 is 1.03 bits per heavy atom. The summed E-state index contributed by atoms with van der Waals surface area (Å²) in [4.78, 5) is 1.24. The van der Waals surface area contributed by atoms with Crippen LogP contribution in [0.3, 0.4) is 0 Å². The highest BCUT2D eigenvalue weighted by molar-refractivity contribution is 7.89. The van der Waals surface area contributed by atoms with Crippen molar-refractivity contribution in [3.05, 3.63) is 64.4 Å². The Bertz CT molecular complexity index is 1060. The maximum atomic E-state index is 13.1. The van der Waals surface area contributed by atoms with Gasteiger partial charge >= 0.3 is 6.18 Å². The highest BCUT2D eigenvalue weighted by Crippen LogP contribution is 2.36. The van der Waals surface area contributed by atoms with Crippen LogP contribution in [0.25, 0.3) is 0 Å². The van der Waals surface area contributed by atoms with Gasteiger partial charge in [-0.1, -0.05) is 23.7 Å². The first kappa shape index (κ1) is 22.5. The molecular formula is C19H16ClF4N3O2S. The van der Waals surface area contributed by atoms with E-state index in [1.54, 1.807) is 4.90 Å². The van der Waals surface area contributed by atoms with E-state index in [2.05, 4.69) is 6.07 Å². The molecule has 0 saturated carbocycles. The van der Waals surface area contributed by atoms with Crippen molar-refractivity contribution in [1.29, 1.82) is 5.26 Å². The lowest BCUT2D eigenvalue weighted by Gasteiger charge is -2.36. The van der Waals surface area contributed by atoms with Crippen molar-refractivity contribution in [3.63, 3.8) is 0 Å². The second-order valence-electron chi connectivity index (χ2n) is 6.66. The molecule has 30 heavy (non-hydrogen) atoms. The number of benzene rings is 2. The van der Waals surface area contributed by atoms with Gasteiger partial charge in [-0.05, 0) is 35.9 Å². The van der Waals surface area contributed by atoms with E-state index in [4.69, 9.17) is 11.6 Å². The van der Waals surface area contributed by atoms with Gasteiger partial charge in [-0.3, -0.25) is 4.90 Å². The molecule has 1 heterocycles. The molecule has 5 nitrogen and oxygen atoms in total. The summed E-state index contributed by atoms with van der Waals surface area (Å²) in [6.07, 6.45) is -4.78. The van der Waals surface area contributed by atoms with Crippen LogP contribution in [0.2, 0.25) is 5.02 Å². The normalized spacial score (nSPS) is 17.5. The Labute approximate surface area is 176 Å². The fraction of sp³-hybridized carbons (Fsp3) is 0.316. The van der Waals surface area contributed by atoms with Crippen LogP contribution in [0.5, 0.6) is 0 Å². The lowest BCUT2D eigenvalue weighted by atomic mass is 10.1. The second kappa shape index (κ2) is 8.51. The average Bonchev–Trinajstić information content (AvgIpc) is 2.69. The molecule has 1 unspecified atom stereocenters. The summed E-state index contributed by atoms with van der Waals surface area (Å²) >= 11 is 5.57. The summed E-state index contributed by atoms with van der Waals surface area (Å²) in [6.45, 7) is 0.362. The van der Waals surface area contributed by atoms with Crippen molar-refractivity contribution >= 4 is 21.6 Å². The van der Waals surface area contributed by atoms with E-state index in [0.717, 1.165) is 16.4 Å². The Kier molecular flexibility index (Phi) is 6.38. The highest BCUT2D eigenvalue weighted by atomic mass is 35.5. The minimum Gasteiger partial charge on any atom is -0.282 e. The molecule has 1 aliphatic heterocycles. The number of nitrogens with zero attached hydrogens (tertiary/aromatic N) is 3. The molecule has 1 aliphatic rings. The zero-order valence-corrected chi connectivity index (χ0v) is 17.0. The van der Waals surface area contributed by atoms with Crippen LogP contribution in [0.1, 0.15) is 17.2 Å². The van der Waals surface area contributed by atoms with Gasteiger partial charge < -0.3 is 0 Å². The quantitative estimate of drug-likeness (QED) is 0.644. The predicted molar refractivity (Wildman–Crippen MR) is 102 cm³/mol. The van der Waals surface area contributed by atoms with Crippen molar-refractivity contribution in [1.82, 2.24) is 9.21 Å². The maximum absolute atomic E-state index is 13.1. The zero-order valence-electron chi connectivity index (χ0n) is 15.4. The number of alkyl halides is 3. The van der Waals surface area contributed by atoms with Crippen molar-refractivity contribution in [2.24, 2.45) is 0 Å². The van der Waals surface area contributed by atoms with Crippen LogP contribution in [-0.4, -0.2) is 43.8 Å². The Balaban J connectivity index is 1.77. The number of piperazine rings is 1. The number of rotatable bonds is 4. The lowest BCUT2D eigenvalue weighted by Crippen LogP contribution is -2.49. The summed E-state index contributed by atoms with van der Waals surface area (Å²) in [5.74, 6) is -0.437. The Morgan fingerprint density at radius 3 is 2.17 bits per heavy atom. The molecule has 0 aliphatic carbocycles. The number of hydrogen-bond donors (Lipinski definition) is 0. The lowest BCUT2D eigenvalue weighted by molar-refractivity contribution is -0.137. The summed E-state index contributed by atoms with van der Waals surface area (Å²) in [7, 11) is -4.17. The third kappa shape index (κ3) is 4.59. The third-order valence-corrected chi connectivity index (χ3v) is 7.05. The number of nitriles is 1. The first-order chi connectivity index (χ1) is 14.0. The highest BCUT2D eigenvalue weighted by Gasteiger charge is 2.36. The fourth-order valence-electron chi connectivity index (χ4n) is 3.25. The molecule has 160 valence electrons. The number of halogens is 5. The topological polar surface area (TPSA) is 64.4 Å². The first-order valence-corrected chi connectivity index (χ1v) is 10.6. The first-order valence-electron chi connectivity index (χ1n) is 8.80. The van der Waals surface area contributed by atoms with E-state index in [-0.39, 0.29) is 26.2 Å². The fourth-order valence-corrected chi connectivity index (χ4v) is 4.92. The summed E-state index contributed by atoms with van der Waals surface area (Å²) < 4.78 is 79.0.